The van der Waals surface area contributed by atoms with Gasteiger partial charge in [-0.2, -0.15) is 5.10 Å². The van der Waals surface area contributed by atoms with Gasteiger partial charge in [0.25, 0.3) is 5.91 Å². The van der Waals surface area contributed by atoms with Gasteiger partial charge >= 0.3 is 0 Å². The minimum absolute atomic E-state index is 0.0129. The van der Waals surface area contributed by atoms with Gasteiger partial charge in [0.2, 0.25) is 0 Å². The maximum atomic E-state index is 13.2. The average Bonchev–Trinajstić information content (AvgIpc) is 3.46. The van der Waals surface area contributed by atoms with Crippen molar-refractivity contribution in [2.45, 2.75) is 71.6 Å². The Kier molecular flexibility index (Phi) is 6.55. The molecule has 0 saturated heterocycles. The maximum absolute atomic E-state index is 13.2. The third-order valence-electron chi connectivity index (χ3n) is 7.00. The van der Waals surface area contributed by atoms with Crippen molar-refractivity contribution in [3.8, 4) is 5.75 Å². The van der Waals surface area contributed by atoms with E-state index >= 15 is 0 Å². The zero-order chi connectivity index (χ0) is 23.7. The number of amides is 1. The first kappa shape index (κ1) is 22.8. The van der Waals surface area contributed by atoms with Gasteiger partial charge in [0.1, 0.15) is 11.3 Å². The number of fused-ring (bicyclic) bond motifs is 2. The molecule has 1 N–H and O–H groups in total. The van der Waals surface area contributed by atoms with E-state index in [2.05, 4.69) is 46.9 Å². The molecule has 0 atom stereocenters. The zero-order valence-corrected chi connectivity index (χ0v) is 20.5. The highest BCUT2D eigenvalue weighted by molar-refractivity contribution is 5.94. The average molecular weight is 462 g/mol. The molecule has 2 aromatic heterocycles. The highest BCUT2D eigenvalue weighted by atomic mass is 16.5. The molecule has 0 bridgehead atoms. The number of nitrogens with one attached hydrogen (secondary N) is 1. The van der Waals surface area contributed by atoms with Crippen LogP contribution in [0.2, 0.25) is 0 Å². The monoisotopic (exact) mass is 461 g/mol. The van der Waals surface area contributed by atoms with Crippen molar-refractivity contribution in [2.75, 3.05) is 13.7 Å². The van der Waals surface area contributed by atoms with Gasteiger partial charge in [-0.1, -0.05) is 44.9 Å². The van der Waals surface area contributed by atoms with Crippen LogP contribution in [0.5, 0.6) is 5.75 Å². The number of ether oxygens (including phenoxy) is 1. The van der Waals surface area contributed by atoms with Gasteiger partial charge in [0, 0.05) is 55.3 Å². The van der Waals surface area contributed by atoms with E-state index in [0.717, 1.165) is 66.8 Å². The molecule has 34 heavy (non-hydrogen) atoms. The highest BCUT2D eigenvalue weighted by Crippen LogP contribution is 2.27. The lowest BCUT2D eigenvalue weighted by atomic mass is 10.0. The summed E-state index contributed by atoms with van der Waals surface area (Å²) in [4.78, 5) is 20.5. The number of carbonyl (C=O) groups excluding carboxylic acids is 1. The van der Waals surface area contributed by atoms with Crippen LogP contribution < -0.4 is 10.1 Å². The molecule has 1 aliphatic heterocycles. The summed E-state index contributed by atoms with van der Waals surface area (Å²) < 4.78 is 7.60. The summed E-state index contributed by atoms with van der Waals surface area (Å²) in [5.41, 5.74) is 4.81. The molecule has 1 saturated carbocycles. The number of carbonyl (C=O) groups is 1. The molecule has 0 spiro atoms. The normalized spacial score (nSPS) is 16.8. The van der Waals surface area contributed by atoms with Crippen molar-refractivity contribution >= 4 is 16.8 Å². The van der Waals surface area contributed by atoms with E-state index in [1.54, 1.807) is 7.11 Å². The molecule has 1 amide bonds. The number of aromatic nitrogens is 3. The summed E-state index contributed by atoms with van der Waals surface area (Å²) in [6.07, 6.45) is 5.43. The topological polar surface area (TPSA) is 72.3 Å². The van der Waals surface area contributed by atoms with Crippen LogP contribution in [0.1, 0.15) is 67.0 Å². The summed E-state index contributed by atoms with van der Waals surface area (Å²) in [5, 5.41) is 9.15. The lowest BCUT2D eigenvalue weighted by Gasteiger charge is -2.27. The molecule has 3 heterocycles. The zero-order valence-electron chi connectivity index (χ0n) is 20.5. The second kappa shape index (κ2) is 9.74. The summed E-state index contributed by atoms with van der Waals surface area (Å²) in [7, 11) is 1.68. The summed E-state index contributed by atoms with van der Waals surface area (Å²) in [6, 6.07) is 10.5. The van der Waals surface area contributed by atoms with Crippen molar-refractivity contribution in [2.24, 2.45) is 5.92 Å². The Labute approximate surface area is 201 Å². The number of pyridine rings is 1. The smallest absolute Gasteiger partial charge is 0.272 e. The van der Waals surface area contributed by atoms with E-state index in [0.29, 0.717) is 18.2 Å². The van der Waals surface area contributed by atoms with Crippen molar-refractivity contribution in [3.63, 3.8) is 0 Å². The predicted molar refractivity (Wildman–Crippen MR) is 133 cm³/mol. The van der Waals surface area contributed by atoms with E-state index in [4.69, 9.17) is 14.8 Å². The van der Waals surface area contributed by atoms with Gasteiger partial charge in [0.05, 0.1) is 12.8 Å². The van der Waals surface area contributed by atoms with Crippen LogP contribution in [0.4, 0.5) is 0 Å². The van der Waals surface area contributed by atoms with Crippen LogP contribution in [0.25, 0.3) is 10.9 Å². The Balaban J connectivity index is 1.39. The molecule has 1 aromatic carbocycles. The number of benzene rings is 1. The third kappa shape index (κ3) is 4.67. The van der Waals surface area contributed by atoms with E-state index in [1.807, 2.05) is 12.1 Å². The summed E-state index contributed by atoms with van der Waals surface area (Å²) in [6.45, 7) is 7.60. The van der Waals surface area contributed by atoms with Gasteiger partial charge in [-0.3, -0.25) is 14.4 Å². The number of para-hydroxylation sites is 1. The number of hydrogen-bond donors (Lipinski definition) is 1. The molecule has 3 aromatic rings. The van der Waals surface area contributed by atoms with Crippen molar-refractivity contribution < 1.29 is 9.53 Å². The molecular weight excluding hydrogens is 426 g/mol. The maximum Gasteiger partial charge on any atom is 0.272 e. The molecule has 1 aliphatic carbocycles. The first-order valence-electron chi connectivity index (χ1n) is 12.6. The first-order chi connectivity index (χ1) is 16.5. The SMILES string of the molecule is COc1cccc2ccc(CN3CCc4c(c(C(=O)NC5CCCC5)nn4CC(C)C)C3)nc12. The predicted octanol–water partition coefficient (Wildman–Crippen LogP) is 4.33. The van der Waals surface area contributed by atoms with Crippen LogP contribution in [-0.2, 0) is 26.1 Å². The number of nitrogens with zero attached hydrogens (tertiary/aromatic N) is 4. The van der Waals surface area contributed by atoms with Crippen molar-refractivity contribution in [3.05, 3.63) is 53.0 Å². The van der Waals surface area contributed by atoms with Gasteiger partial charge in [0.15, 0.2) is 5.69 Å². The highest BCUT2D eigenvalue weighted by Gasteiger charge is 2.30. The lowest BCUT2D eigenvalue weighted by Crippen LogP contribution is -2.35. The van der Waals surface area contributed by atoms with Crippen molar-refractivity contribution in [1.29, 1.82) is 0 Å². The molecule has 2 aliphatic rings. The molecule has 5 rings (SSSR count). The van der Waals surface area contributed by atoms with Crippen LogP contribution in [-0.4, -0.2) is 45.3 Å². The molecule has 7 nitrogen and oxygen atoms in total. The largest absolute Gasteiger partial charge is 0.494 e. The Bertz CT molecular complexity index is 1180. The van der Waals surface area contributed by atoms with E-state index in [1.165, 1.54) is 18.5 Å². The summed E-state index contributed by atoms with van der Waals surface area (Å²) in [5.74, 6) is 1.26. The lowest BCUT2D eigenvalue weighted by molar-refractivity contribution is 0.0929. The van der Waals surface area contributed by atoms with Gasteiger partial charge in [-0.15, -0.1) is 0 Å². The van der Waals surface area contributed by atoms with Crippen LogP contribution in [0, 0.1) is 5.92 Å². The second-order valence-corrected chi connectivity index (χ2v) is 10.1. The number of rotatable bonds is 7. The Hall–Kier alpha value is -2.93. The van der Waals surface area contributed by atoms with Crippen LogP contribution in [0.15, 0.2) is 30.3 Å². The van der Waals surface area contributed by atoms with Gasteiger partial charge in [-0.25, -0.2) is 4.98 Å². The molecule has 180 valence electrons. The fraction of sp³-hybridized carbons (Fsp3) is 0.519. The van der Waals surface area contributed by atoms with Crippen molar-refractivity contribution in [1.82, 2.24) is 25.0 Å². The minimum Gasteiger partial charge on any atom is -0.494 e. The molecule has 0 unspecified atom stereocenters. The standard InChI is InChI=1S/C27H35N5O2/c1-18(2)15-32-23-13-14-31(16-21-12-11-19-7-6-10-24(34-3)25(19)28-21)17-22(23)26(30-32)27(33)29-20-8-4-5-9-20/h6-7,10-12,18,20H,4-5,8-9,13-17H2,1-3H3,(H,29,33). The second-order valence-electron chi connectivity index (χ2n) is 10.1. The number of methoxy groups -OCH3 is 1. The van der Waals surface area contributed by atoms with Crippen LogP contribution >= 0.6 is 0 Å². The molecular formula is C27H35N5O2. The van der Waals surface area contributed by atoms with E-state index < -0.39 is 0 Å². The van der Waals surface area contributed by atoms with Gasteiger partial charge in [-0.05, 0) is 30.9 Å². The third-order valence-corrected chi connectivity index (χ3v) is 7.00. The van der Waals surface area contributed by atoms with Crippen LogP contribution in [0.3, 0.4) is 0 Å². The fourth-order valence-corrected chi connectivity index (χ4v) is 5.33. The minimum atomic E-state index is -0.0129. The fourth-order valence-electron chi connectivity index (χ4n) is 5.33. The first-order valence-corrected chi connectivity index (χ1v) is 12.6. The Morgan fingerprint density at radius 1 is 1.21 bits per heavy atom. The molecule has 7 heteroatoms. The van der Waals surface area contributed by atoms with E-state index in [-0.39, 0.29) is 11.9 Å². The Morgan fingerprint density at radius 2 is 2.03 bits per heavy atom. The molecule has 0 radical (unpaired) electrons. The van der Waals surface area contributed by atoms with Gasteiger partial charge < -0.3 is 10.1 Å². The van der Waals surface area contributed by atoms with E-state index in [9.17, 15) is 4.79 Å². The Morgan fingerprint density at radius 3 is 2.79 bits per heavy atom. The molecule has 1 fully saturated rings. The number of hydrogen-bond acceptors (Lipinski definition) is 5. The summed E-state index contributed by atoms with van der Waals surface area (Å²) >= 11 is 0. The quantitative estimate of drug-likeness (QED) is 0.567.